The first kappa shape index (κ1) is 15.1. The number of nitro benzene ring substituents is 1. The lowest BCUT2D eigenvalue weighted by Gasteiger charge is -2.07. The Hall–Kier alpha value is -0.950. The molecule has 0 saturated heterocycles. The lowest BCUT2D eigenvalue weighted by atomic mass is 10.1. The van der Waals surface area contributed by atoms with Crippen LogP contribution >= 0.6 is 31.9 Å². The summed E-state index contributed by atoms with van der Waals surface area (Å²) < 4.78 is 5.44. The molecule has 1 rings (SSSR count). The molecular formula is C11H11Br2NO4. The molecule has 0 radical (unpaired) electrons. The van der Waals surface area contributed by atoms with Gasteiger partial charge >= 0.3 is 5.97 Å². The summed E-state index contributed by atoms with van der Waals surface area (Å²) in [7, 11) is 0. The van der Waals surface area contributed by atoms with Crippen LogP contribution in [0.3, 0.4) is 0 Å². The van der Waals surface area contributed by atoms with Crippen LogP contribution in [0.4, 0.5) is 5.69 Å². The van der Waals surface area contributed by atoms with Gasteiger partial charge in [-0.15, -0.1) is 0 Å². The number of alkyl halides is 1. The van der Waals surface area contributed by atoms with Crippen LogP contribution in [0.2, 0.25) is 0 Å². The summed E-state index contributed by atoms with van der Waals surface area (Å²) in [6.45, 7) is 1.95. The Balaban J connectivity index is 3.14. The third kappa shape index (κ3) is 3.78. The van der Waals surface area contributed by atoms with Gasteiger partial charge in [-0.3, -0.25) is 14.9 Å². The fraction of sp³-hybridized carbons (Fsp3) is 0.364. The number of carbonyl (C=O) groups is 1. The number of ether oxygens (including phenoxy) is 1. The van der Waals surface area contributed by atoms with Crippen LogP contribution in [0.5, 0.6) is 0 Å². The van der Waals surface area contributed by atoms with E-state index in [9.17, 15) is 14.9 Å². The summed E-state index contributed by atoms with van der Waals surface area (Å²) in [4.78, 5) is 21.8. The van der Waals surface area contributed by atoms with Gasteiger partial charge in [-0.1, -0.05) is 31.9 Å². The van der Waals surface area contributed by atoms with Gasteiger partial charge < -0.3 is 4.74 Å². The molecule has 0 aliphatic rings. The summed E-state index contributed by atoms with van der Waals surface area (Å²) >= 11 is 6.54. The van der Waals surface area contributed by atoms with Crippen molar-refractivity contribution < 1.29 is 14.5 Å². The number of carbonyl (C=O) groups excluding carboxylic acids is 1. The van der Waals surface area contributed by atoms with Gasteiger partial charge in [0.05, 0.1) is 18.0 Å². The van der Waals surface area contributed by atoms with Crippen molar-refractivity contribution in [2.75, 3.05) is 6.61 Å². The second kappa shape index (κ2) is 6.84. The highest BCUT2D eigenvalue weighted by atomic mass is 79.9. The molecule has 0 aliphatic carbocycles. The largest absolute Gasteiger partial charge is 0.466 e. The maximum atomic E-state index is 11.4. The minimum absolute atomic E-state index is 0.0837. The lowest BCUT2D eigenvalue weighted by molar-refractivity contribution is -0.385. The van der Waals surface area contributed by atoms with Gasteiger partial charge in [0.1, 0.15) is 0 Å². The quantitative estimate of drug-likeness (QED) is 0.340. The smallest absolute Gasteiger partial charge is 0.310 e. The molecule has 0 aromatic heterocycles. The Kier molecular flexibility index (Phi) is 5.74. The molecule has 1 aromatic carbocycles. The Morgan fingerprint density at radius 1 is 1.44 bits per heavy atom. The lowest BCUT2D eigenvalue weighted by Crippen LogP contribution is -2.09. The Morgan fingerprint density at radius 3 is 2.61 bits per heavy atom. The monoisotopic (exact) mass is 379 g/mol. The highest BCUT2D eigenvalue weighted by molar-refractivity contribution is 9.10. The van der Waals surface area contributed by atoms with E-state index in [1.54, 1.807) is 13.0 Å². The zero-order valence-electron chi connectivity index (χ0n) is 9.61. The topological polar surface area (TPSA) is 69.4 Å². The summed E-state index contributed by atoms with van der Waals surface area (Å²) in [5.74, 6) is -0.469. The summed E-state index contributed by atoms with van der Waals surface area (Å²) in [5, 5.41) is 11.5. The summed E-state index contributed by atoms with van der Waals surface area (Å²) in [6, 6.07) is 3.04. The van der Waals surface area contributed by atoms with Crippen molar-refractivity contribution in [2.24, 2.45) is 0 Å². The van der Waals surface area contributed by atoms with Crippen LogP contribution in [0.25, 0.3) is 0 Å². The number of esters is 1. The number of nitrogens with zero attached hydrogens (tertiary/aromatic N) is 1. The molecule has 5 nitrogen and oxygen atoms in total. The van der Waals surface area contributed by atoms with E-state index in [4.69, 9.17) is 4.74 Å². The molecule has 0 aliphatic heterocycles. The van der Waals surface area contributed by atoms with Gasteiger partial charge in [-0.05, 0) is 18.6 Å². The Morgan fingerprint density at radius 2 is 2.11 bits per heavy atom. The molecule has 0 atom stereocenters. The van der Waals surface area contributed by atoms with Crippen LogP contribution in [-0.4, -0.2) is 17.5 Å². The molecule has 98 valence electrons. The fourth-order valence-electron chi connectivity index (χ4n) is 1.44. The van der Waals surface area contributed by atoms with E-state index in [0.717, 1.165) is 5.56 Å². The van der Waals surface area contributed by atoms with Crippen molar-refractivity contribution >= 4 is 43.5 Å². The predicted octanol–water partition coefficient (Wildman–Crippen LogP) is 3.36. The highest BCUT2D eigenvalue weighted by Crippen LogP contribution is 2.29. The standard InChI is InChI=1S/C11H11Br2NO4/c1-2-18-11(15)4-7-3-8(6-12)9(13)5-10(7)14(16)17/h3,5H,2,4,6H2,1H3. The number of nitro groups is 1. The van der Waals surface area contributed by atoms with Crippen LogP contribution in [0.1, 0.15) is 18.1 Å². The average molecular weight is 381 g/mol. The maximum Gasteiger partial charge on any atom is 0.310 e. The first-order chi connectivity index (χ1) is 8.49. The predicted molar refractivity (Wildman–Crippen MR) is 73.8 cm³/mol. The molecule has 0 spiro atoms. The molecule has 0 bridgehead atoms. The molecule has 0 unspecified atom stereocenters. The molecule has 1 aromatic rings. The fourth-order valence-corrected chi connectivity index (χ4v) is 2.75. The van der Waals surface area contributed by atoms with Crippen LogP contribution < -0.4 is 0 Å². The molecule has 7 heteroatoms. The minimum Gasteiger partial charge on any atom is -0.466 e. The maximum absolute atomic E-state index is 11.4. The average Bonchev–Trinajstić information content (AvgIpc) is 2.30. The highest BCUT2D eigenvalue weighted by Gasteiger charge is 2.19. The van der Waals surface area contributed by atoms with Crippen molar-refractivity contribution in [3.63, 3.8) is 0 Å². The Bertz CT molecular complexity index is 476. The van der Waals surface area contributed by atoms with Crippen molar-refractivity contribution in [3.8, 4) is 0 Å². The van der Waals surface area contributed by atoms with Gasteiger partial charge in [-0.2, -0.15) is 0 Å². The van der Waals surface area contributed by atoms with Gasteiger partial charge in [0.25, 0.3) is 5.69 Å². The minimum atomic E-state index is -0.503. The summed E-state index contributed by atoms with van der Waals surface area (Å²) in [6.07, 6.45) is -0.0998. The zero-order valence-corrected chi connectivity index (χ0v) is 12.8. The number of hydrogen-bond donors (Lipinski definition) is 0. The second-order valence-electron chi connectivity index (χ2n) is 3.44. The van der Waals surface area contributed by atoms with Crippen LogP contribution in [0, 0.1) is 10.1 Å². The van der Waals surface area contributed by atoms with E-state index >= 15 is 0 Å². The SMILES string of the molecule is CCOC(=O)Cc1cc(CBr)c(Br)cc1[N+](=O)[O-]. The van der Waals surface area contributed by atoms with E-state index in [0.29, 0.717) is 15.4 Å². The number of halogens is 2. The third-order valence-electron chi connectivity index (χ3n) is 2.23. The van der Waals surface area contributed by atoms with Gasteiger partial charge in [0.2, 0.25) is 0 Å². The van der Waals surface area contributed by atoms with E-state index in [1.807, 2.05) is 0 Å². The van der Waals surface area contributed by atoms with E-state index in [2.05, 4.69) is 31.9 Å². The molecule has 0 heterocycles. The summed E-state index contributed by atoms with van der Waals surface area (Å²) in [5.41, 5.74) is 1.12. The van der Waals surface area contributed by atoms with Gasteiger partial charge in [-0.25, -0.2) is 0 Å². The Labute approximate surface area is 121 Å². The molecule has 0 saturated carbocycles. The van der Waals surface area contributed by atoms with Crippen molar-refractivity contribution in [1.82, 2.24) is 0 Å². The molecule has 0 amide bonds. The molecule has 18 heavy (non-hydrogen) atoms. The van der Waals surface area contributed by atoms with Crippen LogP contribution in [0.15, 0.2) is 16.6 Å². The van der Waals surface area contributed by atoms with Crippen molar-refractivity contribution in [1.29, 1.82) is 0 Å². The zero-order chi connectivity index (χ0) is 13.7. The van der Waals surface area contributed by atoms with Crippen LogP contribution in [-0.2, 0) is 21.3 Å². The first-order valence-corrected chi connectivity index (χ1v) is 7.08. The second-order valence-corrected chi connectivity index (χ2v) is 4.86. The van der Waals surface area contributed by atoms with E-state index in [-0.39, 0.29) is 18.7 Å². The van der Waals surface area contributed by atoms with Crippen molar-refractivity contribution in [2.45, 2.75) is 18.7 Å². The van der Waals surface area contributed by atoms with E-state index < -0.39 is 10.9 Å². The number of rotatable bonds is 5. The molecule has 0 fully saturated rings. The molecular weight excluding hydrogens is 370 g/mol. The van der Waals surface area contributed by atoms with Crippen molar-refractivity contribution in [3.05, 3.63) is 37.8 Å². The number of hydrogen-bond acceptors (Lipinski definition) is 4. The first-order valence-electron chi connectivity index (χ1n) is 5.16. The molecule has 0 N–H and O–H groups in total. The normalized spacial score (nSPS) is 10.2. The third-order valence-corrected chi connectivity index (χ3v) is 3.57. The number of benzene rings is 1. The van der Waals surface area contributed by atoms with Gasteiger partial charge in [0, 0.05) is 21.4 Å². The van der Waals surface area contributed by atoms with E-state index in [1.165, 1.54) is 6.07 Å². The van der Waals surface area contributed by atoms with Gasteiger partial charge in [0.15, 0.2) is 0 Å².